The third-order valence-corrected chi connectivity index (χ3v) is 3.68. The van der Waals surface area contributed by atoms with Crippen molar-refractivity contribution in [1.29, 1.82) is 0 Å². The number of fused-ring (bicyclic) bond motifs is 1. The fourth-order valence-corrected chi connectivity index (χ4v) is 2.55. The summed E-state index contributed by atoms with van der Waals surface area (Å²) in [5, 5.41) is 3.80. The molecule has 0 saturated carbocycles. The van der Waals surface area contributed by atoms with E-state index < -0.39 is 0 Å². The number of amides is 1. The van der Waals surface area contributed by atoms with E-state index in [0.717, 1.165) is 16.7 Å². The van der Waals surface area contributed by atoms with E-state index in [4.69, 9.17) is 4.42 Å². The largest absolute Gasteiger partial charge is 0.465 e. The number of aromatic nitrogens is 3. The second kappa shape index (κ2) is 6.45. The van der Waals surface area contributed by atoms with Crippen LogP contribution >= 0.6 is 0 Å². The number of rotatable bonds is 4. The Bertz CT molecular complexity index is 1050. The van der Waals surface area contributed by atoms with E-state index in [1.54, 1.807) is 30.7 Å². The SMILES string of the molecule is O=C(/C=C/c1ccco1)Nc1cccc(-n2ccc3cncnc32)c1. The normalized spacial score (nSPS) is 11.2. The Hall–Kier alpha value is -3.67. The van der Waals surface area contributed by atoms with E-state index in [-0.39, 0.29) is 5.91 Å². The van der Waals surface area contributed by atoms with Crippen molar-refractivity contribution in [2.45, 2.75) is 0 Å². The third kappa shape index (κ3) is 3.18. The minimum atomic E-state index is -0.228. The van der Waals surface area contributed by atoms with E-state index in [0.29, 0.717) is 11.4 Å². The number of carbonyl (C=O) groups excluding carboxylic acids is 1. The van der Waals surface area contributed by atoms with Gasteiger partial charge in [-0.1, -0.05) is 6.07 Å². The summed E-state index contributed by atoms with van der Waals surface area (Å²) in [6.45, 7) is 0. The van der Waals surface area contributed by atoms with Crippen molar-refractivity contribution in [2.75, 3.05) is 5.32 Å². The molecule has 6 heteroatoms. The zero-order chi connectivity index (χ0) is 17.1. The molecule has 0 bridgehead atoms. The maximum Gasteiger partial charge on any atom is 0.248 e. The number of nitrogens with one attached hydrogen (secondary N) is 1. The summed E-state index contributed by atoms with van der Waals surface area (Å²) in [6.07, 6.45) is 9.83. The Morgan fingerprint density at radius 2 is 2.16 bits per heavy atom. The van der Waals surface area contributed by atoms with Gasteiger partial charge in [0.1, 0.15) is 17.7 Å². The second-order valence-corrected chi connectivity index (χ2v) is 5.38. The van der Waals surface area contributed by atoms with Crippen LogP contribution in [-0.4, -0.2) is 20.4 Å². The molecule has 0 aliphatic heterocycles. The molecule has 3 heterocycles. The summed E-state index contributed by atoms with van der Waals surface area (Å²) in [5.41, 5.74) is 2.42. The van der Waals surface area contributed by atoms with Crippen LogP contribution in [0, 0.1) is 0 Å². The Labute approximate surface area is 143 Å². The first-order chi connectivity index (χ1) is 12.3. The first-order valence-corrected chi connectivity index (χ1v) is 7.70. The van der Waals surface area contributed by atoms with Gasteiger partial charge in [-0.25, -0.2) is 9.97 Å². The lowest BCUT2D eigenvalue weighted by Crippen LogP contribution is -2.08. The van der Waals surface area contributed by atoms with Gasteiger partial charge in [0.2, 0.25) is 5.91 Å². The minimum absolute atomic E-state index is 0.228. The molecule has 0 atom stereocenters. The number of furan rings is 1. The maximum atomic E-state index is 12.1. The highest BCUT2D eigenvalue weighted by atomic mass is 16.3. The molecular formula is C19H14N4O2. The van der Waals surface area contributed by atoms with Gasteiger partial charge in [-0.3, -0.25) is 4.79 Å². The standard InChI is InChI=1S/C19H14N4O2/c24-18(7-6-17-5-2-10-25-17)22-15-3-1-4-16(11-15)23-9-8-14-12-20-13-21-19(14)23/h1-13H,(H,22,24)/b7-6+. The summed E-state index contributed by atoms with van der Waals surface area (Å²) in [7, 11) is 0. The minimum Gasteiger partial charge on any atom is -0.465 e. The van der Waals surface area contributed by atoms with Crippen molar-refractivity contribution >= 4 is 28.7 Å². The smallest absolute Gasteiger partial charge is 0.248 e. The van der Waals surface area contributed by atoms with Gasteiger partial charge >= 0.3 is 0 Å². The van der Waals surface area contributed by atoms with E-state index >= 15 is 0 Å². The van der Waals surface area contributed by atoms with Crippen LogP contribution in [0.4, 0.5) is 5.69 Å². The predicted octanol–water partition coefficient (Wildman–Crippen LogP) is 3.67. The number of benzene rings is 1. The molecule has 4 aromatic rings. The van der Waals surface area contributed by atoms with Crippen molar-refractivity contribution < 1.29 is 9.21 Å². The van der Waals surface area contributed by atoms with Gasteiger partial charge in [0.15, 0.2) is 0 Å². The summed E-state index contributed by atoms with van der Waals surface area (Å²) in [5.74, 6) is 0.399. The molecule has 6 nitrogen and oxygen atoms in total. The highest BCUT2D eigenvalue weighted by molar-refractivity contribution is 6.01. The summed E-state index contributed by atoms with van der Waals surface area (Å²) < 4.78 is 7.11. The number of nitrogens with zero attached hydrogens (tertiary/aromatic N) is 3. The maximum absolute atomic E-state index is 12.1. The van der Waals surface area contributed by atoms with Gasteiger partial charge in [-0.05, 0) is 42.5 Å². The quantitative estimate of drug-likeness (QED) is 0.580. The van der Waals surface area contributed by atoms with Gasteiger partial charge in [-0.15, -0.1) is 0 Å². The first kappa shape index (κ1) is 14.9. The fourth-order valence-electron chi connectivity index (χ4n) is 2.55. The molecule has 0 fully saturated rings. The van der Waals surface area contributed by atoms with Crippen molar-refractivity contribution in [3.8, 4) is 5.69 Å². The van der Waals surface area contributed by atoms with Crippen LogP contribution in [0.5, 0.6) is 0 Å². The molecule has 1 N–H and O–H groups in total. The van der Waals surface area contributed by atoms with E-state index in [2.05, 4.69) is 15.3 Å². The van der Waals surface area contributed by atoms with E-state index in [1.165, 1.54) is 12.4 Å². The van der Waals surface area contributed by atoms with Gasteiger partial charge in [0.05, 0.1) is 6.26 Å². The van der Waals surface area contributed by atoms with Gasteiger partial charge < -0.3 is 14.3 Å². The van der Waals surface area contributed by atoms with Crippen molar-refractivity contribution in [3.63, 3.8) is 0 Å². The number of carbonyl (C=O) groups is 1. The van der Waals surface area contributed by atoms with Crippen molar-refractivity contribution in [1.82, 2.24) is 14.5 Å². The van der Waals surface area contributed by atoms with Crippen LogP contribution in [0.1, 0.15) is 5.76 Å². The monoisotopic (exact) mass is 330 g/mol. The number of hydrogen-bond donors (Lipinski definition) is 1. The first-order valence-electron chi connectivity index (χ1n) is 7.70. The number of hydrogen-bond acceptors (Lipinski definition) is 4. The van der Waals surface area contributed by atoms with Crippen LogP contribution in [0.25, 0.3) is 22.8 Å². The van der Waals surface area contributed by atoms with Gasteiger partial charge in [0.25, 0.3) is 0 Å². The van der Waals surface area contributed by atoms with Crippen LogP contribution in [0.3, 0.4) is 0 Å². The van der Waals surface area contributed by atoms with Crippen molar-refractivity contribution in [3.05, 3.63) is 79.3 Å². The predicted molar refractivity (Wildman–Crippen MR) is 95.2 cm³/mol. The molecule has 25 heavy (non-hydrogen) atoms. The molecule has 0 aliphatic rings. The highest BCUT2D eigenvalue weighted by Crippen LogP contribution is 2.20. The van der Waals surface area contributed by atoms with Crippen molar-refractivity contribution in [2.24, 2.45) is 0 Å². The number of anilines is 1. The Morgan fingerprint density at radius 3 is 3.04 bits per heavy atom. The van der Waals surface area contributed by atoms with Crippen LogP contribution in [-0.2, 0) is 4.79 Å². The zero-order valence-corrected chi connectivity index (χ0v) is 13.2. The fraction of sp³-hybridized carbons (Fsp3) is 0. The lowest BCUT2D eigenvalue weighted by molar-refractivity contribution is -0.111. The third-order valence-electron chi connectivity index (χ3n) is 3.68. The van der Waals surface area contributed by atoms with Gasteiger partial charge in [-0.2, -0.15) is 0 Å². The Morgan fingerprint density at radius 1 is 1.20 bits per heavy atom. The van der Waals surface area contributed by atoms with Crippen LogP contribution in [0.2, 0.25) is 0 Å². The molecule has 3 aromatic heterocycles. The Kier molecular flexibility index (Phi) is 3.84. The van der Waals surface area contributed by atoms with Crippen LogP contribution in [0.15, 0.2) is 77.9 Å². The Balaban J connectivity index is 1.56. The molecule has 1 aromatic carbocycles. The molecule has 0 radical (unpaired) electrons. The second-order valence-electron chi connectivity index (χ2n) is 5.38. The molecule has 4 rings (SSSR count). The summed E-state index contributed by atoms with van der Waals surface area (Å²) in [6, 6.07) is 13.1. The molecule has 122 valence electrons. The molecule has 0 unspecified atom stereocenters. The average molecular weight is 330 g/mol. The van der Waals surface area contributed by atoms with E-state index in [1.807, 2.05) is 41.1 Å². The highest BCUT2D eigenvalue weighted by Gasteiger charge is 2.06. The zero-order valence-electron chi connectivity index (χ0n) is 13.2. The average Bonchev–Trinajstić information content (AvgIpc) is 3.30. The topological polar surface area (TPSA) is 73.0 Å². The van der Waals surface area contributed by atoms with Crippen LogP contribution < -0.4 is 5.32 Å². The molecule has 0 spiro atoms. The lowest BCUT2D eigenvalue weighted by atomic mass is 10.2. The summed E-state index contributed by atoms with van der Waals surface area (Å²) in [4.78, 5) is 20.4. The lowest BCUT2D eigenvalue weighted by Gasteiger charge is -2.08. The molecular weight excluding hydrogens is 316 g/mol. The van der Waals surface area contributed by atoms with E-state index in [9.17, 15) is 4.79 Å². The molecule has 1 amide bonds. The molecule has 0 aliphatic carbocycles. The van der Waals surface area contributed by atoms with Gasteiger partial charge in [0, 0.05) is 35.2 Å². The summed E-state index contributed by atoms with van der Waals surface area (Å²) >= 11 is 0. The molecule has 0 saturated heterocycles.